The molecule has 0 saturated heterocycles. The van der Waals surface area contributed by atoms with E-state index in [4.69, 9.17) is 0 Å². The first-order chi connectivity index (χ1) is 16.6. The standard InChI is InChI=1S/C27H31FN4O3/c1-17(2)13-14-29-26(35)27(4)16-31-22-12-8-6-10-20(22)23(30-18(3)33)24(31)25(34)32(27)15-19-9-5-7-11-21(19)28/h5-12,17H,13-16H2,1-4H3,(H,29,35)(H,30,33)/t27-/m0/s1. The van der Waals surface area contributed by atoms with Crippen LogP contribution in [0, 0.1) is 11.7 Å². The second kappa shape index (κ2) is 9.52. The summed E-state index contributed by atoms with van der Waals surface area (Å²) in [6.45, 7) is 7.80. The Morgan fingerprint density at radius 1 is 1.11 bits per heavy atom. The molecular weight excluding hydrogens is 447 g/mol. The highest BCUT2D eigenvalue weighted by molar-refractivity contribution is 6.14. The maximum Gasteiger partial charge on any atom is 0.273 e. The summed E-state index contributed by atoms with van der Waals surface area (Å²) >= 11 is 0. The third-order valence-corrected chi connectivity index (χ3v) is 6.56. The molecule has 3 aromatic rings. The minimum atomic E-state index is -1.28. The quantitative estimate of drug-likeness (QED) is 0.531. The third kappa shape index (κ3) is 4.52. The van der Waals surface area contributed by atoms with Crippen molar-refractivity contribution < 1.29 is 18.8 Å². The molecule has 35 heavy (non-hydrogen) atoms. The fraction of sp³-hybridized carbons (Fsp3) is 0.370. The molecule has 2 heterocycles. The summed E-state index contributed by atoms with van der Waals surface area (Å²) in [5.74, 6) is -1.09. The second-order valence-corrected chi connectivity index (χ2v) is 9.70. The highest BCUT2D eigenvalue weighted by Gasteiger charge is 2.49. The molecule has 3 amide bonds. The predicted molar refractivity (Wildman–Crippen MR) is 133 cm³/mol. The van der Waals surface area contributed by atoms with E-state index in [0.717, 1.165) is 11.9 Å². The number of fused-ring (bicyclic) bond motifs is 3. The van der Waals surface area contributed by atoms with Crippen molar-refractivity contribution in [2.24, 2.45) is 5.92 Å². The van der Waals surface area contributed by atoms with Crippen LogP contribution in [0.1, 0.15) is 50.2 Å². The van der Waals surface area contributed by atoms with Gasteiger partial charge in [0.1, 0.15) is 17.1 Å². The number of carbonyl (C=O) groups excluding carboxylic acids is 3. The van der Waals surface area contributed by atoms with Crippen LogP contribution >= 0.6 is 0 Å². The van der Waals surface area contributed by atoms with Gasteiger partial charge >= 0.3 is 0 Å². The van der Waals surface area contributed by atoms with Gasteiger partial charge < -0.3 is 20.1 Å². The molecule has 0 bridgehead atoms. The molecule has 2 aromatic carbocycles. The van der Waals surface area contributed by atoms with E-state index in [1.54, 1.807) is 29.7 Å². The number of para-hydroxylation sites is 1. The van der Waals surface area contributed by atoms with E-state index in [9.17, 15) is 18.8 Å². The van der Waals surface area contributed by atoms with Crippen molar-refractivity contribution in [1.82, 2.24) is 14.8 Å². The highest BCUT2D eigenvalue weighted by atomic mass is 19.1. The van der Waals surface area contributed by atoms with E-state index in [0.29, 0.717) is 29.1 Å². The van der Waals surface area contributed by atoms with Crippen LogP contribution in [0.5, 0.6) is 0 Å². The monoisotopic (exact) mass is 478 g/mol. The Morgan fingerprint density at radius 2 is 1.80 bits per heavy atom. The molecule has 0 unspecified atom stereocenters. The molecule has 0 radical (unpaired) electrons. The number of hydrogen-bond donors (Lipinski definition) is 2. The summed E-state index contributed by atoms with van der Waals surface area (Å²) in [7, 11) is 0. The van der Waals surface area contributed by atoms with Crippen molar-refractivity contribution in [3.8, 4) is 0 Å². The van der Waals surface area contributed by atoms with E-state index < -0.39 is 17.3 Å². The minimum absolute atomic E-state index is 0.0827. The predicted octanol–water partition coefficient (Wildman–Crippen LogP) is 4.32. The Morgan fingerprint density at radius 3 is 2.49 bits per heavy atom. The molecule has 0 saturated carbocycles. The first-order valence-electron chi connectivity index (χ1n) is 11.9. The average Bonchev–Trinajstić information content (AvgIpc) is 3.10. The van der Waals surface area contributed by atoms with Gasteiger partial charge in [-0.3, -0.25) is 14.4 Å². The molecule has 184 valence electrons. The number of benzene rings is 2. The average molecular weight is 479 g/mol. The van der Waals surface area contributed by atoms with Crippen LogP contribution in [-0.4, -0.2) is 39.3 Å². The van der Waals surface area contributed by atoms with E-state index in [1.165, 1.54) is 17.9 Å². The fourth-order valence-corrected chi connectivity index (χ4v) is 4.64. The number of rotatable bonds is 7. The van der Waals surface area contributed by atoms with Crippen molar-refractivity contribution >= 4 is 34.3 Å². The number of amides is 3. The summed E-state index contributed by atoms with van der Waals surface area (Å²) in [5.41, 5.74) is 0.460. The molecule has 2 N–H and O–H groups in total. The van der Waals surface area contributed by atoms with E-state index in [2.05, 4.69) is 24.5 Å². The molecule has 0 aliphatic carbocycles. The summed E-state index contributed by atoms with van der Waals surface area (Å²) in [6, 6.07) is 13.6. The number of anilines is 1. The van der Waals surface area contributed by atoms with Gasteiger partial charge in [0.15, 0.2) is 0 Å². The van der Waals surface area contributed by atoms with Gasteiger partial charge in [0.2, 0.25) is 11.8 Å². The van der Waals surface area contributed by atoms with Crippen LogP contribution in [-0.2, 0) is 22.7 Å². The van der Waals surface area contributed by atoms with Gasteiger partial charge in [0.05, 0.1) is 24.3 Å². The summed E-state index contributed by atoms with van der Waals surface area (Å²) in [4.78, 5) is 41.1. The molecule has 1 atom stereocenters. The van der Waals surface area contributed by atoms with Gasteiger partial charge in [0.25, 0.3) is 5.91 Å². The van der Waals surface area contributed by atoms with Gasteiger partial charge in [-0.25, -0.2) is 4.39 Å². The van der Waals surface area contributed by atoms with Gasteiger partial charge in [-0.1, -0.05) is 50.2 Å². The zero-order chi connectivity index (χ0) is 25.3. The molecule has 4 rings (SSSR count). The first kappa shape index (κ1) is 24.4. The van der Waals surface area contributed by atoms with E-state index >= 15 is 0 Å². The third-order valence-electron chi connectivity index (χ3n) is 6.56. The van der Waals surface area contributed by atoms with Crippen molar-refractivity contribution in [3.63, 3.8) is 0 Å². The van der Waals surface area contributed by atoms with Crippen LogP contribution < -0.4 is 10.6 Å². The zero-order valence-electron chi connectivity index (χ0n) is 20.5. The number of halogens is 1. The van der Waals surface area contributed by atoms with Crippen LogP contribution in [0.4, 0.5) is 10.1 Å². The Labute approximate surface area is 204 Å². The Hall–Kier alpha value is -3.68. The van der Waals surface area contributed by atoms with E-state index in [-0.39, 0.29) is 30.6 Å². The second-order valence-electron chi connectivity index (χ2n) is 9.70. The van der Waals surface area contributed by atoms with Gasteiger partial charge in [-0.05, 0) is 31.4 Å². The number of nitrogens with one attached hydrogen (secondary N) is 2. The summed E-state index contributed by atoms with van der Waals surface area (Å²) < 4.78 is 16.4. The van der Waals surface area contributed by atoms with Crippen molar-refractivity contribution in [3.05, 3.63) is 65.6 Å². The Bertz CT molecular complexity index is 1300. The van der Waals surface area contributed by atoms with Crippen molar-refractivity contribution in [2.75, 3.05) is 11.9 Å². The Balaban J connectivity index is 1.85. The number of nitrogens with zero attached hydrogens (tertiary/aromatic N) is 2. The van der Waals surface area contributed by atoms with Crippen LogP contribution in [0.25, 0.3) is 10.9 Å². The summed E-state index contributed by atoms with van der Waals surface area (Å²) in [6.07, 6.45) is 0.799. The highest BCUT2D eigenvalue weighted by Crippen LogP contribution is 2.39. The lowest BCUT2D eigenvalue weighted by Gasteiger charge is -2.44. The maximum absolute atomic E-state index is 14.6. The number of carbonyl (C=O) groups is 3. The van der Waals surface area contributed by atoms with E-state index in [1.807, 2.05) is 24.3 Å². The molecule has 7 nitrogen and oxygen atoms in total. The Kier molecular flexibility index (Phi) is 6.65. The molecular formula is C27H31FN4O3. The lowest BCUT2D eigenvalue weighted by atomic mass is 9.93. The molecule has 1 aliphatic rings. The smallest absolute Gasteiger partial charge is 0.273 e. The van der Waals surface area contributed by atoms with Crippen LogP contribution in [0.3, 0.4) is 0 Å². The SMILES string of the molecule is CC(=O)Nc1c2n(c3ccccc13)C[C@@](C)(C(=O)NCCC(C)C)N(Cc1ccccc1F)C2=O. The fourth-order valence-electron chi connectivity index (χ4n) is 4.64. The minimum Gasteiger partial charge on any atom is -0.354 e. The zero-order valence-corrected chi connectivity index (χ0v) is 20.5. The van der Waals surface area contributed by atoms with Crippen molar-refractivity contribution in [1.29, 1.82) is 0 Å². The topological polar surface area (TPSA) is 83.4 Å². The summed E-state index contributed by atoms with van der Waals surface area (Å²) in [5, 5.41) is 6.50. The maximum atomic E-state index is 14.6. The lowest BCUT2D eigenvalue weighted by molar-refractivity contribution is -0.133. The van der Waals surface area contributed by atoms with Crippen LogP contribution in [0.2, 0.25) is 0 Å². The lowest BCUT2D eigenvalue weighted by Crippen LogP contribution is -2.63. The molecule has 0 fully saturated rings. The van der Waals surface area contributed by atoms with Gasteiger partial charge in [-0.15, -0.1) is 0 Å². The van der Waals surface area contributed by atoms with Gasteiger partial charge in [0, 0.05) is 24.4 Å². The molecule has 8 heteroatoms. The number of aromatic nitrogens is 1. The molecule has 1 aromatic heterocycles. The first-order valence-corrected chi connectivity index (χ1v) is 11.9. The van der Waals surface area contributed by atoms with Crippen LogP contribution in [0.15, 0.2) is 48.5 Å². The normalized spacial score (nSPS) is 17.5. The molecule has 0 spiro atoms. The van der Waals surface area contributed by atoms with Gasteiger partial charge in [-0.2, -0.15) is 0 Å². The number of hydrogen-bond acceptors (Lipinski definition) is 3. The largest absolute Gasteiger partial charge is 0.354 e. The van der Waals surface area contributed by atoms with Crippen molar-refractivity contribution in [2.45, 2.75) is 52.7 Å². The molecule has 1 aliphatic heterocycles.